The molecule has 1 atom stereocenters. The fourth-order valence-electron chi connectivity index (χ4n) is 3.07. The lowest BCUT2D eigenvalue weighted by Crippen LogP contribution is -2.34. The largest absolute Gasteiger partial charge is 0.243 e. The van der Waals surface area contributed by atoms with E-state index >= 15 is 0 Å². The summed E-state index contributed by atoms with van der Waals surface area (Å²) < 4.78 is 27.5. The average Bonchev–Trinajstić information content (AvgIpc) is 2.74. The summed E-state index contributed by atoms with van der Waals surface area (Å²) in [5.41, 5.74) is 3.24. The molecule has 0 spiro atoms. The quantitative estimate of drug-likeness (QED) is 0.769. The molecule has 0 aromatic heterocycles. The summed E-state index contributed by atoms with van der Waals surface area (Å²) in [5, 5.41) is 0.662. The van der Waals surface area contributed by atoms with Crippen molar-refractivity contribution in [2.75, 3.05) is 13.1 Å². The summed E-state index contributed by atoms with van der Waals surface area (Å²) in [4.78, 5) is 0.333. The zero-order chi connectivity index (χ0) is 17.3. The Bertz CT molecular complexity index is 859. The van der Waals surface area contributed by atoms with Crippen molar-refractivity contribution < 1.29 is 8.42 Å². The van der Waals surface area contributed by atoms with Crippen molar-refractivity contribution >= 4 is 21.6 Å². The molecule has 126 valence electrons. The van der Waals surface area contributed by atoms with E-state index in [1.807, 2.05) is 37.3 Å². The van der Waals surface area contributed by atoms with Gasteiger partial charge in [0.2, 0.25) is 10.0 Å². The van der Waals surface area contributed by atoms with Gasteiger partial charge < -0.3 is 0 Å². The predicted octanol–water partition coefficient (Wildman–Crippen LogP) is 4.17. The van der Waals surface area contributed by atoms with E-state index in [9.17, 15) is 8.42 Å². The molecule has 0 unspecified atom stereocenters. The fourth-order valence-corrected chi connectivity index (χ4v) is 4.72. The van der Waals surface area contributed by atoms with Crippen LogP contribution in [0.25, 0.3) is 0 Å². The number of sulfonamides is 1. The lowest BCUT2D eigenvalue weighted by atomic mass is 9.94. The zero-order valence-electron chi connectivity index (χ0n) is 13.6. The number of nitrogens with zero attached hydrogens (tertiary/aromatic N) is 1. The first kappa shape index (κ1) is 17.2. The molecule has 0 N–H and O–H groups in total. The molecule has 3 rings (SSSR count). The highest BCUT2D eigenvalue weighted by molar-refractivity contribution is 7.89. The minimum atomic E-state index is -3.52. The highest BCUT2D eigenvalue weighted by Crippen LogP contribution is 2.31. The summed E-state index contributed by atoms with van der Waals surface area (Å²) in [6.07, 6.45) is 2.47. The molecule has 0 aliphatic carbocycles. The molecule has 0 radical (unpaired) electrons. The highest BCUT2D eigenvalue weighted by atomic mass is 35.5. The number of hydrogen-bond donors (Lipinski definition) is 0. The fraction of sp³-hybridized carbons (Fsp3) is 0.263. The summed E-state index contributed by atoms with van der Waals surface area (Å²) in [6.45, 7) is 6.67. The van der Waals surface area contributed by atoms with Crippen LogP contribution in [0, 0.1) is 6.92 Å². The minimum absolute atomic E-state index is 0.0681. The smallest absolute Gasteiger partial charge is 0.207 e. The van der Waals surface area contributed by atoms with Gasteiger partial charge in [0.15, 0.2) is 0 Å². The molecule has 24 heavy (non-hydrogen) atoms. The van der Waals surface area contributed by atoms with Gasteiger partial charge in [-0.2, -0.15) is 4.31 Å². The Morgan fingerprint density at radius 3 is 2.58 bits per heavy atom. The Morgan fingerprint density at radius 2 is 1.92 bits per heavy atom. The van der Waals surface area contributed by atoms with Crippen LogP contribution in [0.4, 0.5) is 0 Å². The molecule has 2 aromatic carbocycles. The van der Waals surface area contributed by atoms with E-state index in [1.54, 1.807) is 22.5 Å². The molecule has 3 nitrogen and oxygen atoms in total. The van der Waals surface area contributed by atoms with E-state index in [4.69, 9.17) is 11.6 Å². The molecule has 0 bridgehead atoms. The van der Waals surface area contributed by atoms with E-state index in [2.05, 4.69) is 6.58 Å². The van der Waals surface area contributed by atoms with Crippen LogP contribution in [-0.4, -0.2) is 25.8 Å². The van der Waals surface area contributed by atoms with Gasteiger partial charge in [0.1, 0.15) is 0 Å². The lowest BCUT2D eigenvalue weighted by Gasteiger charge is -2.23. The molecule has 1 aliphatic rings. The Morgan fingerprint density at radius 1 is 1.21 bits per heavy atom. The molecule has 1 heterocycles. The van der Waals surface area contributed by atoms with Gasteiger partial charge >= 0.3 is 0 Å². The molecule has 5 heteroatoms. The van der Waals surface area contributed by atoms with Gasteiger partial charge in [-0.3, -0.25) is 0 Å². The number of rotatable bonds is 3. The third kappa shape index (κ3) is 3.27. The van der Waals surface area contributed by atoms with Gasteiger partial charge in [-0.15, -0.1) is 6.58 Å². The van der Waals surface area contributed by atoms with Crippen LogP contribution in [0.5, 0.6) is 0 Å². The van der Waals surface area contributed by atoms with Gasteiger partial charge in [-0.1, -0.05) is 41.4 Å². The maximum atomic E-state index is 13.0. The molecule has 1 aliphatic heterocycles. The third-order valence-electron chi connectivity index (χ3n) is 4.48. The standard InChI is InChI=1S/C19H20ClNO2S/c1-3-15-13-21(11-10-16-6-7-17(20)12-19(15)16)24(22,23)18-8-4-14(2)5-9-18/h3-9,12,15H,1,10-11,13H2,2H3/t15-/m1/s1. The normalized spacial score (nSPS) is 18.7. The van der Waals surface area contributed by atoms with Crippen LogP contribution in [0.1, 0.15) is 22.6 Å². The maximum absolute atomic E-state index is 13.0. The second-order valence-electron chi connectivity index (χ2n) is 6.11. The van der Waals surface area contributed by atoms with E-state index < -0.39 is 10.0 Å². The molecule has 0 fully saturated rings. The second-order valence-corrected chi connectivity index (χ2v) is 8.49. The van der Waals surface area contributed by atoms with Crippen molar-refractivity contribution in [2.45, 2.75) is 24.2 Å². The Labute approximate surface area is 148 Å². The van der Waals surface area contributed by atoms with E-state index in [0.717, 1.165) is 16.7 Å². The molecule has 2 aromatic rings. The molecule has 0 saturated carbocycles. The van der Waals surface area contributed by atoms with Crippen LogP contribution in [-0.2, 0) is 16.4 Å². The number of benzene rings is 2. The summed E-state index contributed by atoms with van der Waals surface area (Å²) >= 11 is 6.12. The SMILES string of the molecule is C=C[C@@H]1CN(S(=O)(=O)c2ccc(C)cc2)CCc2ccc(Cl)cc21. The first-order valence-corrected chi connectivity index (χ1v) is 9.71. The van der Waals surface area contributed by atoms with Crippen molar-refractivity contribution in [3.8, 4) is 0 Å². The summed E-state index contributed by atoms with van der Waals surface area (Å²) in [7, 11) is -3.52. The second kappa shape index (κ2) is 6.71. The maximum Gasteiger partial charge on any atom is 0.243 e. The van der Waals surface area contributed by atoms with Crippen LogP contribution < -0.4 is 0 Å². The van der Waals surface area contributed by atoms with Crippen molar-refractivity contribution in [2.24, 2.45) is 0 Å². The van der Waals surface area contributed by atoms with Gasteiger partial charge in [-0.05, 0) is 48.7 Å². The van der Waals surface area contributed by atoms with Gasteiger partial charge in [0.25, 0.3) is 0 Å². The van der Waals surface area contributed by atoms with E-state index in [-0.39, 0.29) is 5.92 Å². The van der Waals surface area contributed by atoms with Crippen molar-refractivity contribution in [3.05, 3.63) is 76.8 Å². The Balaban J connectivity index is 1.97. The van der Waals surface area contributed by atoms with Gasteiger partial charge in [0.05, 0.1) is 4.90 Å². The van der Waals surface area contributed by atoms with E-state index in [1.165, 1.54) is 0 Å². The Kier molecular flexibility index (Phi) is 4.81. The van der Waals surface area contributed by atoms with E-state index in [0.29, 0.717) is 29.4 Å². The first-order valence-electron chi connectivity index (χ1n) is 7.89. The van der Waals surface area contributed by atoms with Crippen molar-refractivity contribution in [1.82, 2.24) is 4.31 Å². The van der Waals surface area contributed by atoms with Crippen LogP contribution >= 0.6 is 11.6 Å². The molecule has 0 saturated heterocycles. The first-order chi connectivity index (χ1) is 11.4. The number of aryl methyl sites for hydroxylation is 1. The van der Waals surface area contributed by atoms with Crippen LogP contribution in [0.2, 0.25) is 5.02 Å². The molecular formula is C19H20ClNO2S. The third-order valence-corrected chi connectivity index (χ3v) is 6.60. The van der Waals surface area contributed by atoms with Crippen LogP contribution in [0.15, 0.2) is 60.0 Å². The number of fused-ring (bicyclic) bond motifs is 1. The lowest BCUT2D eigenvalue weighted by molar-refractivity contribution is 0.415. The van der Waals surface area contributed by atoms with Crippen molar-refractivity contribution in [3.63, 3.8) is 0 Å². The van der Waals surface area contributed by atoms with Crippen molar-refractivity contribution in [1.29, 1.82) is 0 Å². The molecule has 0 amide bonds. The number of halogens is 1. The summed E-state index contributed by atoms with van der Waals surface area (Å²) in [5.74, 6) is -0.0681. The van der Waals surface area contributed by atoms with Gasteiger partial charge in [0, 0.05) is 24.0 Å². The average molecular weight is 362 g/mol. The molecular weight excluding hydrogens is 342 g/mol. The van der Waals surface area contributed by atoms with Gasteiger partial charge in [-0.25, -0.2) is 8.42 Å². The zero-order valence-corrected chi connectivity index (χ0v) is 15.1. The minimum Gasteiger partial charge on any atom is -0.207 e. The predicted molar refractivity (Wildman–Crippen MR) is 98.0 cm³/mol. The highest BCUT2D eigenvalue weighted by Gasteiger charge is 2.30. The number of hydrogen-bond acceptors (Lipinski definition) is 2. The van der Waals surface area contributed by atoms with Crippen LogP contribution in [0.3, 0.4) is 0 Å². The topological polar surface area (TPSA) is 37.4 Å². The Hall–Kier alpha value is -1.62. The summed E-state index contributed by atoms with van der Waals surface area (Å²) in [6, 6.07) is 12.7. The monoisotopic (exact) mass is 361 g/mol.